The zero-order chi connectivity index (χ0) is 32.0. The van der Waals surface area contributed by atoms with Crippen molar-refractivity contribution in [1.82, 2.24) is 19.8 Å². The molecule has 1 atom stereocenters. The number of halogens is 2. The molecule has 0 aliphatic carbocycles. The lowest BCUT2D eigenvalue weighted by molar-refractivity contribution is -0.151. The van der Waals surface area contributed by atoms with Gasteiger partial charge in [-0.25, -0.2) is 14.2 Å². The van der Waals surface area contributed by atoms with E-state index in [1.165, 1.54) is 4.57 Å². The van der Waals surface area contributed by atoms with Crippen molar-refractivity contribution < 1.29 is 14.3 Å². The molecule has 1 heterocycles. The number of ether oxygens (including phenoxy) is 1. The van der Waals surface area contributed by atoms with E-state index in [1.54, 1.807) is 61.6 Å². The molecular weight excluding hydrogens is 603 g/mol. The first-order valence-electron chi connectivity index (χ1n) is 14.6. The minimum absolute atomic E-state index is 0.0617. The molecule has 0 radical (unpaired) electrons. The van der Waals surface area contributed by atoms with Crippen LogP contribution in [0.4, 0.5) is 0 Å². The SMILES string of the molecule is CCNCc1ccc2c(c1)c(=O)n(-c1ccc(C[C@H](NC(=O)c3c(Cl)cccc3Cl)C(=O)OC(CC)CC)cc1)c(=O)n2C. The highest BCUT2D eigenvalue weighted by Crippen LogP contribution is 2.24. The van der Waals surface area contributed by atoms with Gasteiger partial charge in [0.05, 0.1) is 32.2 Å². The molecule has 0 saturated carbocycles. The van der Waals surface area contributed by atoms with Crippen molar-refractivity contribution >= 4 is 46.0 Å². The number of nitrogens with one attached hydrogen (secondary N) is 2. The molecule has 0 spiro atoms. The van der Waals surface area contributed by atoms with E-state index < -0.39 is 29.2 Å². The summed E-state index contributed by atoms with van der Waals surface area (Å²) >= 11 is 12.5. The van der Waals surface area contributed by atoms with Crippen LogP contribution < -0.4 is 21.9 Å². The zero-order valence-corrected chi connectivity index (χ0v) is 26.7. The molecule has 232 valence electrons. The van der Waals surface area contributed by atoms with Crippen LogP contribution in [0.3, 0.4) is 0 Å². The molecule has 0 aliphatic rings. The van der Waals surface area contributed by atoms with Gasteiger partial charge in [-0.1, -0.05) is 68.2 Å². The number of amides is 1. The third kappa shape index (κ3) is 7.23. The molecular formula is C33H36Cl2N4O5. The topological polar surface area (TPSA) is 111 Å². The Hall–Kier alpha value is -3.92. The molecule has 0 fully saturated rings. The van der Waals surface area contributed by atoms with Crippen LogP contribution in [0.2, 0.25) is 10.0 Å². The molecule has 9 nitrogen and oxygen atoms in total. The standard InChI is InChI=1S/C33H36Cl2N4O5/c1-5-23(6-2)44-32(42)27(37-30(40)29-25(34)9-8-10-26(29)35)18-20-11-14-22(15-12-20)39-31(41)24-17-21(19-36-7-3)13-16-28(24)38(4)33(39)43/h8-17,23,27,36H,5-7,18-19H2,1-4H3,(H,37,40)/t27-/m0/s1. The maximum absolute atomic E-state index is 13.5. The fraction of sp³-hybridized carbons (Fsp3) is 0.333. The molecule has 0 aliphatic heterocycles. The van der Waals surface area contributed by atoms with Crippen LogP contribution in [-0.2, 0) is 29.5 Å². The van der Waals surface area contributed by atoms with E-state index in [2.05, 4.69) is 10.6 Å². The minimum atomic E-state index is -1.05. The van der Waals surface area contributed by atoms with E-state index in [4.69, 9.17) is 27.9 Å². The summed E-state index contributed by atoms with van der Waals surface area (Å²) in [6, 6.07) is 15.8. The lowest BCUT2D eigenvalue weighted by Gasteiger charge is -2.22. The number of aryl methyl sites for hydroxylation is 1. The molecule has 11 heteroatoms. The van der Waals surface area contributed by atoms with Gasteiger partial charge in [-0.2, -0.15) is 0 Å². The van der Waals surface area contributed by atoms with Gasteiger partial charge >= 0.3 is 11.7 Å². The zero-order valence-electron chi connectivity index (χ0n) is 25.2. The third-order valence-electron chi connectivity index (χ3n) is 7.52. The Balaban J connectivity index is 1.66. The molecule has 3 aromatic carbocycles. The van der Waals surface area contributed by atoms with Crippen LogP contribution in [0, 0.1) is 0 Å². The van der Waals surface area contributed by atoms with Crippen LogP contribution in [0.5, 0.6) is 0 Å². The van der Waals surface area contributed by atoms with Crippen LogP contribution >= 0.6 is 23.2 Å². The number of hydrogen-bond acceptors (Lipinski definition) is 6. The normalized spacial score (nSPS) is 12.0. The Kier molecular flexibility index (Phi) is 11.0. The van der Waals surface area contributed by atoms with Crippen molar-refractivity contribution in [3.8, 4) is 5.69 Å². The summed E-state index contributed by atoms with van der Waals surface area (Å²) in [7, 11) is 1.63. The van der Waals surface area contributed by atoms with Crippen LogP contribution in [0.15, 0.2) is 70.3 Å². The minimum Gasteiger partial charge on any atom is -0.461 e. The summed E-state index contributed by atoms with van der Waals surface area (Å²) in [5.41, 5.74) is 1.68. The second-order valence-electron chi connectivity index (χ2n) is 10.5. The molecule has 1 amide bonds. The number of carbonyl (C=O) groups is 2. The molecule has 0 unspecified atom stereocenters. The predicted molar refractivity (Wildman–Crippen MR) is 174 cm³/mol. The van der Waals surface area contributed by atoms with Gasteiger partial charge in [0.2, 0.25) is 0 Å². The van der Waals surface area contributed by atoms with Crippen LogP contribution in [-0.4, -0.2) is 39.7 Å². The first-order valence-corrected chi connectivity index (χ1v) is 15.3. The number of nitrogens with zero attached hydrogens (tertiary/aromatic N) is 2. The number of aromatic nitrogens is 2. The maximum Gasteiger partial charge on any atom is 0.335 e. The first-order chi connectivity index (χ1) is 21.1. The highest BCUT2D eigenvalue weighted by molar-refractivity contribution is 6.39. The second kappa shape index (κ2) is 14.7. The van der Waals surface area contributed by atoms with E-state index >= 15 is 0 Å². The number of hydrogen-bond donors (Lipinski definition) is 2. The summed E-state index contributed by atoms with van der Waals surface area (Å²) in [6.45, 7) is 7.22. The Morgan fingerprint density at radius 1 is 0.909 bits per heavy atom. The Labute approximate surface area is 265 Å². The molecule has 0 saturated heterocycles. The van der Waals surface area contributed by atoms with Crippen molar-refractivity contribution in [3.05, 3.63) is 108 Å². The number of esters is 1. The Morgan fingerprint density at radius 2 is 1.55 bits per heavy atom. The summed E-state index contributed by atoms with van der Waals surface area (Å²) in [6.07, 6.45) is 1.04. The van der Waals surface area contributed by atoms with Gasteiger partial charge < -0.3 is 15.4 Å². The average Bonchev–Trinajstić information content (AvgIpc) is 3.01. The third-order valence-corrected chi connectivity index (χ3v) is 8.15. The Bertz CT molecular complexity index is 1760. The van der Waals surface area contributed by atoms with Gasteiger partial charge in [-0.05, 0) is 66.9 Å². The van der Waals surface area contributed by atoms with Gasteiger partial charge in [0, 0.05) is 20.0 Å². The second-order valence-corrected chi connectivity index (χ2v) is 11.3. The van der Waals surface area contributed by atoms with Crippen molar-refractivity contribution in [2.45, 2.75) is 58.7 Å². The molecule has 2 N–H and O–H groups in total. The van der Waals surface area contributed by atoms with E-state index in [0.29, 0.717) is 41.5 Å². The van der Waals surface area contributed by atoms with Crippen molar-refractivity contribution in [3.63, 3.8) is 0 Å². The van der Waals surface area contributed by atoms with Gasteiger partial charge in [0.15, 0.2) is 0 Å². The fourth-order valence-corrected chi connectivity index (χ4v) is 5.54. The molecule has 0 bridgehead atoms. The van der Waals surface area contributed by atoms with Gasteiger partial charge in [-0.15, -0.1) is 0 Å². The van der Waals surface area contributed by atoms with E-state index in [0.717, 1.165) is 16.7 Å². The van der Waals surface area contributed by atoms with Gasteiger partial charge in [0.1, 0.15) is 12.1 Å². The molecule has 4 rings (SSSR count). The summed E-state index contributed by atoms with van der Waals surface area (Å²) in [4.78, 5) is 53.2. The number of carbonyl (C=O) groups excluding carboxylic acids is 2. The Morgan fingerprint density at radius 3 is 2.16 bits per heavy atom. The highest BCUT2D eigenvalue weighted by atomic mass is 35.5. The smallest absolute Gasteiger partial charge is 0.335 e. The maximum atomic E-state index is 13.5. The number of rotatable bonds is 12. The fourth-order valence-electron chi connectivity index (χ4n) is 4.97. The summed E-state index contributed by atoms with van der Waals surface area (Å²) < 4.78 is 8.25. The summed E-state index contributed by atoms with van der Waals surface area (Å²) in [5.74, 6) is -1.20. The van der Waals surface area contributed by atoms with Crippen molar-refractivity contribution in [2.24, 2.45) is 7.05 Å². The van der Waals surface area contributed by atoms with Gasteiger partial charge in [0.25, 0.3) is 11.5 Å². The predicted octanol–water partition coefficient (Wildman–Crippen LogP) is 5.18. The van der Waals surface area contributed by atoms with Gasteiger partial charge in [-0.3, -0.25) is 14.2 Å². The van der Waals surface area contributed by atoms with Crippen LogP contribution in [0.25, 0.3) is 16.6 Å². The van der Waals surface area contributed by atoms with Crippen LogP contribution in [0.1, 0.15) is 55.1 Å². The number of benzene rings is 3. The molecule has 1 aromatic heterocycles. The molecule has 44 heavy (non-hydrogen) atoms. The first kappa shape index (κ1) is 33.0. The van der Waals surface area contributed by atoms with E-state index in [9.17, 15) is 19.2 Å². The molecule has 4 aromatic rings. The van der Waals surface area contributed by atoms with Crippen molar-refractivity contribution in [2.75, 3.05) is 6.54 Å². The number of fused-ring (bicyclic) bond motifs is 1. The largest absolute Gasteiger partial charge is 0.461 e. The van der Waals surface area contributed by atoms with Crippen molar-refractivity contribution in [1.29, 1.82) is 0 Å². The quantitative estimate of drug-likeness (QED) is 0.207. The highest BCUT2D eigenvalue weighted by Gasteiger charge is 2.27. The monoisotopic (exact) mass is 638 g/mol. The lowest BCUT2D eigenvalue weighted by Crippen LogP contribution is -2.44. The van der Waals surface area contributed by atoms with E-state index in [1.807, 2.05) is 26.8 Å². The summed E-state index contributed by atoms with van der Waals surface area (Å²) in [5, 5.41) is 6.71. The average molecular weight is 640 g/mol. The van der Waals surface area contributed by atoms with E-state index in [-0.39, 0.29) is 28.1 Å². The lowest BCUT2D eigenvalue weighted by atomic mass is 10.0.